The molecule has 1 heterocycles. The molecule has 3 nitrogen and oxygen atoms in total. The van der Waals surface area contributed by atoms with Crippen molar-refractivity contribution in [3.63, 3.8) is 0 Å². The van der Waals surface area contributed by atoms with Crippen LogP contribution < -0.4 is 4.90 Å². The minimum absolute atomic E-state index is 0.277. The maximum absolute atomic E-state index is 11.9. The van der Waals surface area contributed by atoms with Crippen LogP contribution in [0.1, 0.15) is 44.6 Å². The fraction of sp³-hybridized carbons (Fsp3) is 0.562. The number of anilines is 1. The Morgan fingerprint density at radius 3 is 2.52 bits per heavy atom. The van der Waals surface area contributed by atoms with Gasteiger partial charge in [-0.2, -0.15) is 0 Å². The summed E-state index contributed by atoms with van der Waals surface area (Å²) in [5.74, 6) is -0.688. The van der Waals surface area contributed by atoms with E-state index in [1.165, 1.54) is 19.3 Å². The molecule has 1 aliphatic rings. The molecule has 5 heteroatoms. The Balaban J connectivity index is 2.25. The standard InChI is InChI=1S/C16H21Cl2NO2/c1-3-21-16(20)11(2)12-9-14(18)15(10-13(12)17)19-7-5-4-6-8-19/h9-11H,3-8H2,1-2H3. The average molecular weight is 330 g/mol. The number of hydrogen-bond donors (Lipinski definition) is 0. The topological polar surface area (TPSA) is 29.5 Å². The Morgan fingerprint density at radius 1 is 1.24 bits per heavy atom. The van der Waals surface area contributed by atoms with Gasteiger partial charge in [0.15, 0.2) is 0 Å². The van der Waals surface area contributed by atoms with Crippen LogP contribution in [0.2, 0.25) is 10.0 Å². The van der Waals surface area contributed by atoms with E-state index in [1.807, 2.05) is 6.07 Å². The largest absolute Gasteiger partial charge is 0.466 e. The lowest BCUT2D eigenvalue weighted by atomic mass is 10.00. The maximum Gasteiger partial charge on any atom is 0.313 e. The van der Waals surface area contributed by atoms with Gasteiger partial charge in [0.05, 0.1) is 23.2 Å². The highest BCUT2D eigenvalue weighted by Crippen LogP contribution is 2.36. The Bertz CT molecular complexity index is 513. The summed E-state index contributed by atoms with van der Waals surface area (Å²) in [4.78, 5) is 14.1. The number of ether oxygens (including phenoxy) is 1. The molecular formula is C16H21Cl2NO2. The molecular weight excluding hydrogens is 309 g/mol. The Labute approximate surface area is 136 Å². The predicted octanol–water partition coefficient (Wildman–Crippen LogP) is 4.65. The van der Waals surface area contributed by atoms with Crippen LogP contribution in [0.15, 0.2) is 12.1 Å². The summed E-state index contributed by atoms with van der Waals surface area (Å²) in [6.07, 6.45) is 3.61. The molecule has 1 unspecified atom stereocenters. The van der Waals surface area contributed by atoms with Crippen LogP contribution in [0, 0.1) is 0 Å². The first-order valence-corrected chi connectivity index (χ1v) is 8.20. The van der Waals surface area contributed by atoms with Crippen molar-refractivity contribution in [1.82, 2.24) is 0 Å². The number of carbonyl (C=O) groups excluding carboxylic acids is 1. The van der Waals surface area contributed by atoms with E-state index < -0.39 is 5.92 Å². The zero-order chi connectivity index (χ0) is 15.4. The van der Waals surface area contributed by atoms with Gasteiger partial charge in [-0.15, -0.1) is 0 Å². The van der Waals surface area contributed by atoms with E-state index in [0.717, 1.165) is 24.3 Å². The van der Waals surface area contributed by atoms with Crippen LogP contribution in [0.4, 0.5) is 5.69 Å². The summed E-state index contributed by atoms with van der Waals surface area (Å²) in [7, 11) is 0. The minimum Gasteiger partial charge on any atom is -0.466 e. The predicted molar refractivity (Wildman–Crippen MR) is 87.6 cm³/mol. The molecule has 116 valence electrons. The van der Waals surface area contributed by atoms with Gasteiger partial charge in [-0.3, -0.25) is 4.79 Å². The number of nitrogens with zero attached hydrogens (tertiary/aromatic N) is 1. The molecule has 1 fully saturated rings. The van der Waals surface area contributed by atoms with Gasteiger partial charge in [0.25, 0.3) is 0 Å². The minimum atomic E-state index is -0.412. The Kier molecular flexibility index (Phi) is 5.77. The van der Waals surface area contributed by atoms with Gasteiger partial charge in [0, 0.05) is 18.1 Å². The molecule has 0 N–H and O–H groups in total. The van der Waals surface area contributed by atoms with Gasteiger partial charge >= 0.3 is 5.97 Å². The maximum atomic E-state index is 11.9. The second kappa shape index (κ2) is 7.37. The SMILES string of the molecule is CCOC(=O)C(C)c1cc(Cl)c(N2CCCCC2)cc1Cl. The van der Waals surface area contributed by atoms with Gasteiger partial charge in [-0.05, 0) is 50.8 Å². The molecule has 0 aromatic heterocycles. The molecule has 1 atom stereocenters. The van der Waals surface area contributed by atoms with Gasteiger partial charge in [0.2, 0.25) is 0 Å². The van der Waals surface area contributed by atoms with Crippen molar-refractivity contribution in [2.75, 3.05) is 24.6 Å². The quantitative estimate of drug-likeness (QED) is 0.753. The van der Waals surface area contributed by atoms with Crippen LogP contribution >= 0.6 is 23.2 Å². The molecule has 2 rings (SSSR count). The summed E-state index contributed by atoms with van der Waals surface area (Å²) in [6, 6.07) is 3.68. The summed E-state index contributed by atoms with van der Waals surface area (Å²) >= 11 is 12.8. The number of piperidine rings is 1. The van der Waals surface area contributed by atoms with Crippen LogP contribution in [-0.4, -0.2) is 25.7 Å². The van der Waals surface area contributed by atoms with Gasteiger partial charge in [0.1, 0.15) is 0 Å². The average Bonchev–Trinajstić information content (AvgIpc) is 2.49. The van der Waals surface area contributed by atoms with Crippen molar-refractivity contribution in [2.24, 2.45) is 0 Å². The summed E-state index contributed by atoms with van der Waals surface area (Å²) < 4.78 is 5.05. The van der Waals surface area contributed by atoms with Crippen molar-refractivity contribution < 1.29 is 9.53 Å². The molecule has 1 aromatic carbocycles. The molecule has 0 amide bonds. The summed E-state index contributed by atoms with van der Waals surface area (Å²) in [5.41, 5.74) is 1.68. The lowest BCUT2D eigenvalue weighted by Crippen LogP contribution is -2.29. The monoisotopic (exact) mass is 329 g/mol. The molecule has 0 saturated carbocycles. The number of halogens is 2. The summed E-state index contributed by atoms with van der Waals surface area (Å²) in [6.45, 7) is 5.95. The van der Waals surface area contributed by atoms with E-state index in [9.17, 15) is 4.79 Å². The number of carbonyl (C=O) groups is 1. The third-order valence-electron chi connectivity index (χ3n) is 3.87. The number of hydrogen-bond acceptors (Lipinski definition) is 3. The smallest absolute Gasteiger partial charge is 0.313 e. The molecule has 1 aromatic rings. The zero-order valence-corrected chi connectivity index (χ0v) is 14.0. The van der Waals surface area contributed by atoms with Crippen LogP contribution in [0.5, 0.6) is 0 Å². The summed E-state index contributed by atoms with van der Waals surface area (Å²) in [5, 5.41) is 1.22. The van der Waals surface area contributed by atoms with E-state index in [2.05, 4.69) is 4.90 Å². The first kappa shape index (κ1) is 16.4. The highest BCUT2D eigenvalue weighted by molar-refractivity contribution is 6.36. The first-order chi connectivity index (χ1) is 10.0. The third kappa shape index (κ3) is 3.83. The zero-order valence-electron chi connectivity index (χ0n) is 12.5. The van der Waals surface area contributed by atoms with Crippen LogP contribution in [-0.2, 0) is 9.53 Å². The normalized spacial score (nSPS) is 16.7. The molecule has 0 radical (unpaired) electrons. The fourth-order valence-corrected chi connectivity index (χ4v) is 3.27. The Hall–Kier alpha value is -0.930. The van der Waals surface area contributed by atoms with Gasteiger partial charge in [-0.1, -0.05) is 23.2 Å². The molecule has 0 bridgehead atoms. The van der Waals surface area contributed by atoms with E-state index in [1.54, 1.807) is 19.9 Å². The molecule has 0 spiro atoms. The number of rotatable bonds is 4. The van der Waals surface area contributed by atoms with Gasteiger partial charge < -0.3 is 9.64 Å². The second-order valence-corrected chi connectivity index (χ2v) is 6.16. The van der Waals surface area contributed by atoms with Crippen molar-refractivity contribution >= 4 is 34.9 Å². The van der Waals surface area contributed by atoms with Crippen molar-refractivity contribution in [3.05, 3.63) is 27.7 Å². The highest BCUT2D eigenvalue weighted by Gasteiger charge is 2.22. The van der Waals surface area contributed by atoms with E-state index in [4.69, 9.17) is 27.9 Å². The molecule has 21 heavy (non-hydrogen) atoms. The molecule has 1 aliphatic heterocycles. The van der Waals surface area contributed by atoms with Crippen molar-refractivity contribution in [3.8, 4) is 0 Å². The van der Waals surface area contributed by atoms with Crippen LogP contribution in [0.25, 0.3) is 0 Å². The number of esters is 1. The lowest BCUT2D eigenvalue weighted by molar-refractivity contribution is -0.144. The Morgan fingerprint density at radius 2 is 1.90 bits per heavy atom. The van der Waals surface area contributed by atoms with Crippen molar-refractivity contribution in [1.29, 1.82) is 0 Å². The highest BCUT2D eigenvalue weighted by atomic mass is 35.5. The van der Waals surface area contributed by atoms with Crippen molar-refractivity contribution in [2.45, 2.75) is 39.0 Å². The first-order valence-electron chi connectivity index (χ1n) is 7.45. The van der Waals surface area contributed by atoms with E-state index >= 15 is 0 Å². The third-order valence-corrected chi connectivity index (χ3v) is 4.50. The van der Waals surface area contributed by atoms with Gasteiger partial charge in [-0.25, -0.2) is 0 Å². The van der Waals surface area contributed by atoms with Crippen LogP contribution in [0.3, 0.4) is 0 Å². The fourth-order valence-electron chi connectivity index (χ4n) is 2.65. The number of benzene rings is 1. The molecule has 1 saturated heterocycles. The lowest BCUT2D eigenvalue weighted by Gasteiger charge is -2.30. The second-order valence-electron chi connectivity index (χ2n) is 5.35. The van der Waals surface area contributed by atoms with E-state index in [-0.39, 0.29) is 5.97 Å². The van der Waals surface area contributed by atoms with E-state index in [0.29, 0.717) is 16.7 Å². The molecule has 0 aliphatic carbocycles.